The summed E-state index contributed by atoms with van der Waals surface area (Å²) in [5.41, 5.74) is 6.80. The van der Waals surface area contributed by atoms with Gasteiger partial charge in [0.1, 0.15) is 11.6 Å². The van der Waals surface area contributed by atoms with Crippen LogP contribution in [0, 0.1) is 5.82 Å². The molecule has 19 heavy (non-hydrogen) atoms. The molecular weight excluding hydrogens is 245 g/mol. The number of amides is 1. The van der Waals surface area contributed by atoms with E-state index in [2.05, 4.69) is 4.98 Å². The van der Waals surface area contributed by atoms with E-state index in [1.165, 1.54) is 18.3 Å². The summed E-state index contributed by atoms with van der Waals surface area (Å²) in [6, 6.07) is 9.27. The molecule has 2 aromatic rings. The van der Waals surface area contributed by atoms with Crippen molar-refractivity contribution in [3.05, 3.63) is 59.5 Å². The highest BCUT2D eigenvalue weighted by Crippen LogP contribution is 2.09. The summed E-state index contributed by atoms with van der Waals surface area (Å²) in [6.45, 7) is 0.406. The highest BCUT2D eigenvalue weighted by Gasteiger charge is 2.12. The molecule has 98 valence electrons. The highest BCUT2D eigenvalue weighted by atomic mass is 19.1. The standard InChI is InChI=1S/C14H14FN3O/c1-18(9-10-2-5-12(15)6-3-10)14(19)11-4-7-13(16)17-8-11/h2-8H,9H2,1H3,(H2,16,17). The lowest BCUT2D eigenvalue weighted by atomic mass is 10.2. The molecule has 5 heteroatoms. The van der Waals surface area contributed by atoms with Gasteiger partial charge in [-0.15, -0.1) is 0 Å². The van der Waals surface area contributed by atoms with Crippen molar-refractivity contribution in [2.24, 2.45) is 0 Å². The van der Waals surface area contributed by atoms with Gasteiger partial charge in [0.2, 0.25) is 0 Å². The maximum atomic E-state index is 12.8. The lowest BCUT2D eigenvalue weighted by Gasteiger charge is -2.17. The number of carbonyl (C=O) groups is 1. The number of nitrogen functional groups attached to an aromatic ring is 1. The molecule has 0 saturated heterocycles. The monoisotopic (exact) mass is 259 g/mol. The number of nitrogens with two attached hydrogens (primary N) is 1. The van der Waals surface area contributed by atoms with Crippen molar-refractivity contribution in [1.29, 1.82) is 0 Å². The van der Waals surface area contributed by atoms with E-state index < -0.39 is 0 Å². The predicted molar refractivity (Wildman–Crippen MR) is 70.8 cm³/mol. The maximum Gasteiger partial charge on any atom is 0.255 e. The lowest BCUT2D eigenvalue weighted by Crippen LogP contribution is -2.26. The molecule has 2 rings (SSSR count). The first-order chi connectivity index (χ1) is 9.06. The molecule has 1 amide bonds. The molecule has 0 aliphatic heterocycles. The summed E-state index contributed by atoms with van der Waals surface area (Å²) in [7, 11) is 1.68. The number of aromatic nitrogens is 1. The number of rotatable bonds is 3. The summed E-state index contributed by atoms with van der Waals surface area (Å²) in [5, 5.41) is 0. The minimum Gasteiger partial charge on any atom is -0.384 e. The summed E-state index contributed by atoms with van der Waals surface area (Å²) in [4.78, 5) is 17.5. The van der Waals surface area contributed by atoms with E-state index in [9.17, 15) is 9.18 Å². The lowest BCUT2D eigenvalue weighted by molar-refractivity contribution is 0.0784. The fourth-order valence-corrected chi connectivity index (χ4v) is 1.69. The van der Waals surface area contributed by atoms with E-state index in [1.807, 2.05) is 0 Å². The van der Waals surface area contributed by atoms with Gasteiger partial charge in [0.05, 0.1) is 5.56 Å². The summed E-state index contributed by atoms with van der Waals surface area (Å²) in [6.07, 6.45) is 1.44. The van der Waals surface area contributed by atoms with Crippen molar-refractivity contribution in [2.75, 3.05) is 12.8 Å². The van der Waals surface area contributed by atoms with Gasteiger partial charge in [0, 0.05) is 19.8 Å². The van der Waals surface area contributed by atoms with Gasteiger partial charge in [0.25, 0.3) is 5.91 Å². The van der Waals surface area contributed by atoms with Crippen LogP contribution in [0.4, 0.5) is 10.2 Å². The van der Waals surface area contributed by atoms with Crippen LogP contribution in [0.3, 0.4) is 0 Å². The molecule has 0 fully saturated rings. The zero-order chi connectivity index (χ0) is 13.8. The van der Waals surface area contributed by atoms with Gasteiger partial charge >= 0.3 is 0 Å². The zero-order valence-electron chi connectivity index (χ0n) is 10.5. The average molecular weight is 259 g/mol. The van der Waals surface area contributed by atoms with Crippen molar-refractivity contribution >= 4 is 11.7 Å². The molecular formula is C14H14FN3O. The number of anilines is 1. The smallest absolute Gasteiger partial charge is 0.255 e. The number of pyridine rings is 1. The van der Waals surface area contributed by atoms with E-state index in [0.717, 1.165) is 5.56 Å². The summed E-state index contributed by atoms with van der Waals surface area (Å²) < 4.78 is 12.8. The Morgan fingerprint density at radius 3 is 2.53 bits per heavy atom. The Hall–Kier alpha value is -2.43. The van der Waals surface area contributed by atoms with Crippen molar-refractivity contribution in [3.8, 4) is 0 Å². The molecule has 0 bridgehead atoms. The van der Waals surface area contributed by atoms with Gasteiger partial charge in [-0.2, -0.15) is 0 Å². The van der Waals surface area contributed by atoms with Crippen molar-refractivity contribution in [3.63, 3.8) is 0 Å². The molecule has 2 N–H and O–H groups in total. The minimum absolute atomic E-state index is 0.156. The van der Waals surface area contributed by atoms with Crippen molar-refractivity contribution < 1.29 is 9.18 Å². The Balaban J connectivity index is 2.07. The number of hydrogen-bond acceptors (Lipinski definition) is 3. The number of carbonyl (C=O) groups excluding carboxylic acids is 1. The fraction of sp³-hybridized carbons (Fsp3) is 0.143. The van der Waals surface area contributed by atoms with Gasteiger partial charge in [-0.3, -0.25) is 4.79 Å². The Morgan fingerprint density at radius 1 is 1.26 bits per heavy atom. The van der Waals surface area contributed by atoms with Crippen LogP contribution in [0.5, 0.6) is 0 Å². The number of hydrogen-bond donors (Lipinski definition) is 1. The van der Waals surface area contributed by atoms with E-state index in [4.69, 9.17) is 5.73 Å². The second-order valence-electron chi connectivity index (χ2n) is 4.26. The predicted octanol–water partition coefficient (Wildman–Crippen LogP) is 2.08. The molecule has 0 saturated carbocycles. The second-order valence-corrected chi connectivity index (χ2v) is 4.26. The largest absolute Gasteiger partial charge is 0.384 e. The third-order valence-corrected chi connectivity index (χ3v) is 2.71. The van der Waals surface area contributed by atoms with Crippen LogP contribution >= 0.6 is 0 Å². The molecule has 1 aromatic carbocycles. The number of nitrogens with zero attached hydrogens (tertiary/aromatic N) is 2. The molecule has 0 spiro atoms. The number of halogens is 1. The Bertz CT molecular complexity index is 566. The van der Waals surface area contributed by atoms with E-state index >= 15 is 0 Å². The maximum absolute atomic E-state index is 12.8. The zero-order valence-corrected chi connectivity index (χ0v) is 10.5. The molecule has 0 unspecified atom stereocenters. The van der Waals surface area contributed by atoms with Crippen LogP contribution in [-0.2, 0) is 6.54 Å². The van der Waals surface area contributed by atoms with Gasteiger partial charge in [-0.05, 0) is 29.8 Å². The van der Waals surface area contributed by atoms with Crippen molar-refractivity contribution in [1.82, 2.24) is 9.88 Å². The molecule has 0 atom stereocenters. The second kappa shape index (κ2) is 5.48. The van der Waals surface area contributed by atoms with Crippen LogP contribution in [0.15, 0.2) is 42.6 Å². The van der Waals surface area contributed by atoms with Gasteiger partial charge in [-0.1, -0.05) is 12.1 Å². The molecule has 0 aliphatic rings. The molecule has 0 radical (unpaired) electrons. The molecule has 1 aromatic heterocycles. The first-order valence-electron chi connectivity index (χ1n) is 5.77. The fourth-order valence-electron chi connectivity index (χ4n) is 1.69. The van der Waals surface area contributed by atoms with Gasteiger partial charge < -0.3 is 10.6 Å². The van der Waals surface area contributed by atoms with Crippen LogP contribution in [0.2, 0.25) is 0 Å². The van der Waals surface area contributed by atoms with Gasteiger partial charge in [0.15, 0.2) is 0 Å². The van der Waals surface area contributed by atoms with Crippen LogP contribution < -0.4 is 5.73 Å². The minimum atomic E-state index is -0.291. The van der Waals surface area contributed by atoms with Crippen molar-refractivity contribution in [2.45, 2.75) is 6.54 Å². The van der Waals surface area contributed by atoms with Crippen LogP contribution in [0.25, 0.3) is 0 Å². The molecule has 0 aliphatic carbocycles. The first-order valence-corrected chi connectivity index (χ1v) is 5.77. The molecule has 1 heterocycles. The normalized spacial score (nSPS) is 10.2. The Kier molecular flexibility index (Phi) is 3.75. The first kappa shape index (κ1) is 13.0. The van der Waals surface area contributed by atoms with E-state index in [1.54, 1.807) is 36.2 Å². The third-order valence-electron chi connectivity index (χ3n) is 2.71. The number of benzene rings is 1. The summed E-state index contributed by atoms with van der Waals surface area (Å²) in [5.74, 6) is -0.0740. The Labute approximate surface area is 110 Å². The third kappa shape index (κ3) is 3.28. The molecule has 4 nitrogen and oxygen atoms in total. The quantitative estimate of drug-likeness (QED) is 0.918. The average Bonchev–Trinajstić information content (AvgIpc) is 2.41. The SMILES string of the molecule is CN(Cc1ccc(F)cc1)C(=O)c1ccc(N)nc1. The van der Waals surface area contributed by atoms with Crippen LogP contribution in [0.1, 0.15) is 15.9 Å². The van der Waals surface area contributed by atoms with E-state index in [-0.39, 0.29) is 11.7 Å². The topological polar surface area (TPSA) is 59.2 Å². The van der Waals surface area contributed by atoms with Gasteiger partial charge in [-0.25, -0.2) is 9.37 Å². The van der Waals surface area contributed by atoms with E-state index in [0.29, 0.717) is 17.9 Å². The van der Waals surface area contributed by atoms with Crippen LogP contribution in [-0.4, -0.2) is 22.8 Å². The Morgan fingerprint density at radius 2 is 1.95 bits per heavy atom. The highest BCUT2D eigenvalue weighted by molar-refractivity contribution is 5.93. The summed E-state index contributed by atoms with van der Waals surface area (Å²) >= 11 is 0.